The molecule has 0 saturated heterocycles. The van der Waals surface area contributed by atoms with E-state index in [1.807, 2.05) is 6.92 Å². The van der Waals surface area contributed by atoms with Gasteiger partial charge in [-0.15, -0.1) is 11.3 Å². The number of thiophene rings is 1. The zero-order valence-corrected chi connectivity index (χ0v) is 14.4. The fourth-order valence-electron chi connectivity index (χ4n) is 2.31. The lowest BCUT2D eigenvalue weighted by atomic mass is 9.90. The van der Waals surface area contributed by atoms with Crippen molar-refractivity contribution < 1.29 is 13.2 Å². The van der Waals surface area contributed by atoms with Crippen LogP contribution in [0.25, 0.3) is 0 Å². The lowest BCUT2D eigenvalue weighted by Crippen LogP contribution is -2.47. The quantitative estimate of drug-likeness (QED) is 0.715. The Morgan fingerprint density at radius 3 is 2.76 bits per heavy atom. The van der Waals surface area contributed by atoms with E-state index in [-0.39, 0.29) is 12.1 Å². The average Bonchev–Trinajstić information content (AvgIpc) is 2.76. The van der Waals surface area contributed by atoms with E-state index in [1.165, 1.54) is 11.3 Å². The highest BCUT2D eigenvalue weighted by Crippen LogP contribution is 2.29. The van der Waals surface area contributed by atoms with Crippen LogP contribution in [0.1, 0.15) is 36.6 Å². The van der Waals surface area contributed by atoms with Gasteiger partial charge in [-0.05, 0) is 44.4 Å². The Balaban J connectivity index is 1.98. The Morgan fingerprint density at radius 1 is 1.43 bits per heavy atom. The molecule has 21 heavy (non-hydrogen) atoms. The van der Waals surface area contributed by atoms with Gasteiger partial charge in [-0.2, -0.15) is 0 Å². The van der Waals surface area contributed by atoms with Gasteiger partial charge in [0.2, 0.25) is 10.0 Å². The predicted octanol–water partition coefficient (Wildman–Crippen LogP) is 2.01. The lowest BCUT2D eigenvalue weighted by Gasteiger charge is -2.34. The molecule has 1 saturated carbocycles. The second-order valence-electron chi connectivity index (χ2n) is 5.50. The molecule has 0 unspecified atom stereocenters. The van der Waals surface area contributed by atoms with Crippen molar-refractivity contribution in [3.8, 4) is 0 Å². The number of aryl methyl sites for hydroxylation is 1. The summed E-state index contributed by atoms with van der Waals surface area (Å²) in [4.78, 5) is 1.09. The molecule has 2 rings (SSSR count). The van der Waals surface area contributed by atoms with Crippen molar-refractivity contribution in [2.75, 3.05) is 13.7 Å². The normalized spacial score (nSPS) is 22.2. The summed E-state index contributed by atoms with van der Waals surface area (Å²) >= 11 is 1.36. The van der Waals surface area contributed by atoms with E-state index in [4.69, 9.17) is 4.74 Å². The third-order valence-corrected chi connectivity index (χ3v) is 6.96. The van der Waals surface area contributed by atoms with Gasteiger partial charge in [-0.1, -0.05) is 6.92 Å². The number of methoxy groups -OCH3 is 1. The van der Waals surface area contributed by atoms with Crippen LogP contribution in [0.2, 0.25) is 0 Å². The van der Waals surface area contributed by atoms with Crippen molar-refractivity contribution in [3.63, 3.8) is 0 Å². The summed E-state index contributed by atoms with van der Waals surface area (Å²) < 4.78 is 33.1. The van der Waals surface area contributed by atoms with E-state index >= 15 is 0 Å². The first kappa shape index (κ1) is 16.9. The van der Waals surface area contributed by atoms with Gasteiger partial charge < -0.3 is 10.1 Å². The molecule has 1 aromatic heterocycles. The van der Waals surface area contributed by atoms with Crippen LogP contribution >= 0.6 is 11.3 Å². The molecule has 120 valence electrons. The maximum Gasteiger partial charge on any atom is 0.250 e. The van der Waals surface area contributed by atoms with Gasteiger partial charge in [0.25, 0.3) is 0 Å². The van der Waals surface area contributed by atoms with E-state index in [9.17, 15) is 8.42 Å². The highest BCUT2D eigenvalue weighted by Gasteiger charge is 2.33. The smallest absolute Gasteiger partial charge is 0.250 e. The number of hydrogen-bond acceptors (Lipinski definition) is 5. The van der Waals surface area contributed by atoms with Crippen molar-refractivity contribution in [1.29, 1.82) is 0 Å². The summed E-state index contributed by atoms with van der Waals surface area (Å²) in [5.74, 6) is 0. The number of sulfonamides is 1. The van der Waals surface area contributed by atoms with Crippen molar-refractivity contribution in [3.05, 3.63) is 16.5 Å². The molecule has 5 nitrogen and oxygen atoms in total. The highest BCUT2D eigenvalue weighted by atomic mass is 32.2. The molecule has 0 bridgehead atoms. The van der Waals surface area contributed by atoms with Crippen LogP contribution in [-0.4, -0.2) is 34.2 Å². The first-order valence-electron chi connectivity index (χ1n) is 7.31. The number of nitrogens with one attached hydrogen (secondary N) is 2. The number of rotatable bonds is 8. The Morgan fingerprint density at radius 2 is 2.14 bits per heavy atom. The van der Waals surface area contributed by atoms with Crippen LogP contribution in [0.15, 0.2) is 10.3 Å². The van der Waals surface area contributed by atoms with Gasteiger partial charge >= 0.3 is 0 Å². The summed E-state index contributed by atoms with van der Waals surface area (Å²) in [6.45, 7) is 5.75. The number of ether oxygens (including phenoxy) is 1. The minimum atomic E-state index is -3.40. The van der Waals surface area contributed by atoms with Gasteiger partial charge in [-0.3, -0.25) is 0 Å². The molecular weight excluding hydrogens is 308 g/mol. The van der Waals surface area contributed by atoms with Crippen LogP contribution in [0.3, 0.4) is 0 Å². The molecule has 1 heterocycles. The first-order chi connectivity index (χ1) is 9.96. The molecule has 7 heteroatoms. The Bertz CT molecular complexity index is 563. The third kappa shape index (κ3) is 4.26. The minimum Gasteiger partial charge on any atom is -0.381 e. The summed E-state index contributed by atoms with van der Waals surface area (Å²) in [7, 11) is -1.74. The average molecular weight is 332 g/mol. The summed E-state index contributed by atoms with van der Waals surface area (Å²) in [5.41, 5.74) is 1.03. The molecule has 0 spiro atoms. The Hall–Kier alpha value is -0.470. The second-order valence-corrected chi connectivity index (χ2v) is 8.57. The van der Waals surface area contributed by atoms with E-state index in [0.29, 0.717) is 4.21 Å². The standard InChI is InChI=1S/C14H24N2O3S2/c1-4-5-15-9-13-10(2)6-14(20-13)21(17,18)16-11-7-12(8-11)19-3/h6,11-12,15-16H,4-5,7-9H2,1-3H3. The Labute approximate surface area is 131 Å². The zero-order valence-electron chi connectivity index (χ0n) is 12.8. The first-order valence-corrected chi connectivity index (χ1v) is 9.61. The van der Waals surface area contributed by atoms with E-state index < -0.39 is 10.0 Å². The largest absolute Gasteiger partial charge is 0.381 e. The van der Waals surface area contributed by atoms with Crippen LogP contribution < -0.4 is 10.0 Å². The molecule has 0 atom stereocenters. The van der Waals surface area contributed by atoms with Gasteiger partial charge in [0.1, 0.15) is 4.21 Å². The zero-order chi connectivity index (χ0) is 15.5. The molecule has 0 amide bonds. The maximum absolute atomic E-state index is 12.4. The molecule has 0 radical (unpaired) electrons. The molecule has 1 aromatic rings. The second kappa shape index (κ2) is 7.19. The van der Waals surface area contributed by atoms with Crippen LogP contribution in [0.4, 0.5) is 0 Å². The maximum atomic E-state index is 12.4. The SMILES string of the molecule is CCCNCc1sc(S(=O)(=O)NC2CC(OC)C2)cc1C. The third-order valence-electron chi connectivity index (χ3n) is 3.73. The lowest BCUT2D eigenvalue weighted by molar-refractivity contribution is 0.0236. The van der Waals surface area contributed by atoms with Gasteiger partial charge in [-0.25, -0.2) is 13.1 Å². The predicted molar refractivity (Wildman–Crippen MR) is 85.2 cm³/mol. The van der Waals surface area contributed by atoms with E-state index in [1.54, 1.807) is 13.2 Å². The van der Waals surface area contributed by atoms with Crippen LogP contribution in [-0.2, 0) is 21.3 Å². The van der Waals surface area contributed by atoms with Gasteiger partial charge in [0.05, 0.1) is 6.10 Å². The van der Waals surface area contributed by atoms with Crippen molar-refractivity contribution in [1.82, 2.24) is 10.0 Å². The van der Waals surface area contributed by atoms with Crippen LogP contribution in [0, 0.1) is 6.92 Å². The van der Waals surface area contributed by atoms with Crippen molar-refractivity contribution >= 4 is 21.4 Å². The fourth-order valence-corrected chi connectivity index (χ4v) is 5.14. The Kier molecular flexibility index (Phi) is 5.79. The molecule has 1 aliphatic carbocycles. The minimum absolute atomic E-state index is 0.00372. The van der Waals surface area contributed by atoms with E-state index in [0.717, 1.165) is 42.8 Å². The molecule has 1 fully saturated rings. The number of hydrogen-bond donors (Lipinski definition) is 2. The van der Waals surface area contributed by atoms with Gasteiger partial charge in [0, 0.05) is 24.6 Å². The molecular formula is C14H24N2O3S2. The van der Waals surface area contributed by atoms with Crippen LogP contribution in [0.5, 0.6) is 0 Å². The fraction of sp³-hybridized carbons (Fsp3) is 0.714. The van der Waals surface area contributed by atoms with Crippen molar-refractivity contribution in [2.45, 2.75) is 56.0 Å². The summed E-state index contributed by atoms with van der Waals surface area (Å²) in [6, 6.07) is 1.77. The summed E-state index contributed by atoms with van der Waals surface area (Å²) in [6.07, 6.45) is 2.77. The molecule has 0 aliphatic heterocycles. The topological polar surface area (TPSA) is 67.4 Å². The summed E-state index contributed by atoms with van der Waals surface area (Å²) in [5, 5.41) is 3.31. The van der Waals surface area contributed by atoms with E-state index in [2.05, 4.69) is 17.0 Å². The van der Waals surface area contributed by atoms with Gasteiger partial charge in [0.15, 0.2) is 0 Å². The van der Waals surface area contributed by atoms with Crippen molar-refractivity contribution in [2.24, 2.45) is 0 Å². The molecule has 0 aromatic carbocycles. The monoisotopic (exact) mass is 332 g/mol. The highest BCUT2D eigenvalue weighted by molar-refractivity contribution is 7.91. The molecule has 1 aliphatic rings. The molecule has 2 N–H and O–H groups in total.